The molecule has 9 nitrogen and oxygen atoms in total. The minimum Gasteiger partial charge on any atom is -0.493 e. The summed E-state index contributed by atoms with van der Waals surface area (Å²) in [5.74, 6) is -2.05. The van der Waals surface area contributed by atoms with Gasteiger partial charge in [-0.05, 0) is 61.2 Å². The molecule has 3 aliphatic heterocycles. The number of likely N-dealkylation sites (tertiary alicyclic amines) is 1. The van der Waals surface area contributed by atoms with Crippen molar-refractivity contribution < 1.29 is 28.2 Å². The number of fused-ring (bicyclic) bond motifs is 2. The Labute approximate surface area is 237 Å². The van der Waals surface area contributed by atoms with Gasteiger partial charge in [-0.15, -0.1) is 0 Å². The van der Waals surface area contributed by atoms with Gasteiger partial charge >= 0.3 is 4.87 Å². The number of thioether (sulfide) groups is 1. The first-order valence-corrected chi connectivity index (χ1v) is 14.7. The van der Waals surface area contributed by atoms with Crippen LogP contribution in [0.5, 0.6) is 11.5 Å². The number of hydrogen-bond donors (Lipinski definition) is 1. The van der Waals surface area contributed by atoms with E-state index in [1.54, 1.807) is 23.1 Å². The normalized spacial score (nSPS) is 22.2. The van der Waals surface area contributed by atoms with Crippen LogP contribution in [0.25, 0.3) is 0 Å². The lowest BCUT2D eigenvalue weighted by atomic mass is 9.83. The van der Waals surface area contributed by atoms with E-state index in [9.17, 15) is 23.6 Å². The van der Waals surface area contributed by atoms with E-state index in [-0.39, 0.29) is 17.4 Å². The monoisotopic (exact) mass is 583 g/mol. The van der Waals surface area contributed by atoms with Gasteiger partial charge in [-0.25, -0.2) is 9.29 Å². The van der Waals surface area contributed by atoms with E-state index >= 15 is 0 Å². The van der Waals surface area contributed by atoms with Crippen LogP contribution in [0, 0.1) is 11.7 Å². The molecule has 0 bridgehead atoms. The van der Waals surface area contributed by atoms with Crippen molar-refractivity contribution in [2.75, 3.05) is 31.7 Å². The number of anilines is 1. The van der Waals surface area contributed by atoms with E-state index < -0.39 is 34.7 Å². The summed E-state index contributed by atoms with van der Waals surface area (Å²) in [5, 5.41) is -0.223. The first-order valence-electron chi connectivity index (χ1n) is 13.0. The summed E-state index contributed by atoms with van der Waals surface area (Å²) in [5.41, 5.74) is 0.960. The van der Waals surface area contributed by atoms with Gasteiger partial charge < -0.3 is 19.4 Å². The number of methoxy groups -OCH3 is 1. The highest BCUT2D eigenvalue weighted by Crippen LogP contribution is 2.53. The number of aromatic amines is 1. The van der Waals surface area contributed by atoms with E-state index in [2.05, 4.69) is 4.98 Å². The van der Waals surface area contributed by atoms with Crippen molar-refractivity contribution in [2.24, 2.45) is 5.92 Å². The summed E-state index contributed by atoms with van der Waals surface area (Å²) < 4.78 is 25.0. The second-order valence-corrected chi connectivity index (χ2v) is 12.0. The summed E-state index contributed by atoms with van der Waals surface area (Å²) in [4.78, 5) is 58.4. The molecule has 4 heterocycles. The summed E-state index contributed by atoms with van der Waals surface area (Å²) in [7, 11) is 1.48. The van der Waals surface area contributed by atoms with Gasteiger partial charge in [0.15, 0.2) is 18.1 Å². The highest BCUT2D eigenvalue weighted by atomic mass is 32.2. The van der Waals surface area contributed by atoms with Crippen molar-refractivity contribution in [3.8, 4) is 11.5 Å². The molecule has 3 aliphatic rings. The van der Waals surface area contributed by atoms with Crippen LogP contribution >= 0.6 is 23.1 Å². The largest absolute Gasteiger partial charge is 0.493 e. The molecular weight excluding hydrogens is 557 g/mol. The number of nitrogens with zero attached hydrogens (tertiary/aromatic N) is 2. The fraction of sp³-hybridized carbons (Fsp3) is 0.357. The highest BCUT2D eigenvalue weighted by Gasteiger charge is 2.56. The number of piperidine rings is 1. The van der Waals surface area contributed by atoms with E-state index in [1.165, 1.54) is 43.1 Å². The first-order chi connectivity index (χ1) is 19.4. The third-order valence-electron chi connectivity index (χ3n) is 7.52. The number of benzene rings is 2. The van der Waals surface area contributed by atoms with E-state index in [4.69, 9.17) is 9.47 Å². The lowest BCUT2D eigenvalue weighted by molar-refractivity contribution is -0.134. The van der Waals surface area contributed by atoms with E-state index in [0.29, 0.717) is 32.7 Å². The van der Waals surface area contributed by atoms with Crippen molar-refractivity contribution in [2.45, 2.75) is 35.5 Å². The molecule has 0 radical (unpaired) electrons. The molecule has 1 aromatic heterocycles. The molecule has 6 rings (SSSR count). The van der Waals surface area contributed by atoms with Crippen LogP contribution in [0.2, 0.25) is 0 Å². The lowest BCUT2D eigenvalue weighted by Gasteiger charge is -2.30. The molecular formula is C28H26FN3O6S2. The van der Waals surface area contributed by atoms with Crippen molar-refractivity contribution in [3.05, 3.63) is 68.4 Å². The maximum atomic E-state index is 13.8. The van der Waals surface area contributed by atoms with E-state index in [0.717, 1.165) is 48.6 Å². The zero-order valence-corrected chi connectivity index (χ0v) is 23.2. The number of carbonyl (C=O) groups is 3. The minimum atomic E-state index is -0.793. The molecule has 0 saturated carbocycles. The zero-order chi connectivity index (χ0) is 28.0. The van der Waals surface area contributed by atoms with Crippen LogP contribution in [-0.2, 0) is 14.4 Å². The molecule has 3 amide bonds. The van der Waals surface area contributed by atoms with Gasteiger partial charge in [0.25, 0.3) is 5.91 Å². The highest BCUT2D eigenvalue weighted by molar-refractivity contribution is 8.00. The van der Waals surface area contributed by atoms with Gasteiger partial charge in [-0.2, -0.15) is 0 Å². The Bertz CT molecular complexity index is 1530. The topological polar surface area (TPSA) is 109 Å². The third kappa shape index (κ3) is 4.68. The van der Waals surface area contributed by atoms with Crippen molar-refractivity contribution in [1.29, 1.82) is 0 Å². The predicted octanol–water partition coefficient (Wildman–Crippen LogP) is 3.77. The van der Waals surface area contributed by atoms with Gasteiger partial charge in [0.05, 0.1) is 23.7 Å². The van der Waals surface area contributed by atoms with Gasteiger partial charge in [0, 0.05) is 23.9 Å². The standard InChI is InChI=1S/C28H26FN3O6S2/c1-37-19-13-15(5-10-18(19)38-14-20(33)31-11-3-2-4-12-31)21-22-24(39-25-23(21)40-28(36)30-25)27(35)32(26(22)34)17-8-6-16(29)7-9-17/h5-10,13,21-22,24H,2-4,11-12,14H2,1H3,(H,30,36)/t21-,22?,24?/m1/s1. The molecule has 2 saturated heterocycles. The number of thiazole rings is 1. The Kier molecular flexibility index (Phi) is 7.13. The predicted molar refractivity (Wildman–Crippen MR) is 148 cm³/mol. The Morgan fingerprint density at radius 1 is 1.02 bits per heavy atom. The molecule has 2 aromatic carbocycles. The maximum Gasteiger partial charge on any atom is 0.305 e. The molecule has 40 heavy (non-hydrogen) atoms. The summed E-state index contributed by atoms with van der Waals surface area (Å²) in [6.07, 6.45) is 3.09. The second-order valence-electron chi connectivity index (χ2n) is 9.88. The fourth-order valence-electron chi connectivity index (χ4n) is 5.59. The number of hydrogen-bond acceptors (Lipinski definition) is 8. The first kappa shape index (κ1) is 26.6. The molecule has 2 fully saturated rings. The zero-order valence-electron chi connectivity index (χ0n) is 21.6. The number of imide groups is 1. The fourth-order valence-corrected chi connectivity index (χ4v) is 8.11. The second kappa shape index (κ2) is 10.7. The van der Waals surface area contributed by atoms with Crippen molar-refractivity contribution in [3.63, 3.8) is 0 Å². The average molecular weight is 584 g/mol. The average Bonchev–Trinajstić information content (AvgIpc) is 3.46. The number of halogens is 1. The molecule has 0 aliphatic carbocycles. The van der Waals surface area contributed by atoms with Crippen LogP contribution in [-0.4, -0.2) is 59.7 Å². The quantitative estimate of drug-likeness (QED) is 0.440. The number of carbonyl (C=O) groups excluding carboxylic acids is 3. The van der Waals surface area contributed by atoms with Gasteiger partial charge in [-0.3, -0.25) is 19.2 Å². The SMILES string of the molecule is COc1cc([C@H]2c3sc(=O)[nH]c3SC3C(=O)N(c4ccc(F)cc4)C(=O)C32)ccc1OCC(=O)N1CCCCC1. The smallest absolute Gasteiger partial charge is 0.305 e. The third-order valence-corrected chi connectivity index (χ3v) is 9.92. The number of nitrogens with one attached hydrogen (secondary N) is 1. The summed E-state index contributed by atoms with van der Waals surface area (Å²) in [6, 6.07) is 10.4. The molecule has 3 atom stereocenters. The molecule has 2 unspecified atom stereocenters. The number of aromatic nitrogens is 1. The molecule has 1 N–H and O–H groups in total. The Hall–Kier alpha value is -3.64. The molecule has 0 spiro atoms. The number of amides is 3. The van der Waals surface area contributed by atoms with Crippen LogP contribution in [0.15, 0.2) is 52.3 Å². The minimum absolute atomic E-state index is 0.0873. The molecule has 3 aromatic rings. The lowest BCUT2D eigenvalue weighted by Crippen LogP contribution is -2.38. The summed E-state index contributed by atoms with van der Waals surface area (Å²) >= 11 is 2.17. The Morgan fingerprint density at radius 2 is 1.77 bits per heavy atom. The van der Waals surface area contributed by atoms with Gasteiger partial charge in [0.1, 0.15) is 11.1 Å². The van der Waals surface area contributed by atoms with Crippen LogP contribution < -0.4 is 19.2 Å². The van der Waals surface area contributed by atoms with Crippen LogP contribution in [0.3, 0.4) is 0 Å². The van der Waals surface area contributed by atoms with Gasteiger partial charge in [0.2, 0.25) is 11.8 Å². The maximum absolute atomic E-state index is 13.8. The van der Waals surface area contributed by atoms with Crippen LogP contribution in [0.1, 0.15) is 35.6 Å². The number of rotatable bonds is 6. The molecule has 12 heteroatoms. The van der Waals surface area contributed by atoms with Gasteiger partial charge in [-0.1, -0.05) is 29.2 Å². The van der Waals surface area contributed by atoms with Crippen molar-refractivity contribution >= 4 is 46.5 Å². The number of H-pyrrole nitrogens is 1. The van der Waals surface area contributed by atoms with E-state index in [1.807, 2.05) is 0 Å². The summed E-state index contributed by atoms with van der Waals surface area (Å²) in [6.45, 7) is 1.33. The van der Waals surface area contributed by atoms with Crippen LogP contribution in [0.4, 0.5) is 10.1 Å². The molecule has 208 valence electrons. The number of ether oxygens (including phenoxy) is 2. The Morgan fingerprint density at radius 3 is 2.50 bits per heavy atom. The van der Waals surface area contributed by atoms with Crippen molar-refractivity contribution in [1.82, 2.24) is 9.88 Å². The Balaban J connectivity index is 1.32.